The van der Waals surface area contributed by atoms with Gasteiger partial charge in [0.2, 0.25) is 5.89 Å². The van der Waals surface area contributed by atoms with Gasteiger partial charge in [0.1, 0.15) is 16.4 Å². The van der Waals surface area contributed by atoms with Gasteiger partial charge in [-0.15, -0.1) is 10.2 Å². The summed E-state index contributed by atoms with van der Waals surface area (Å²) in [6.07, 6.45) is 1.86. The van der Waals surface area contributed by atoms with Crippen molar-refractivity contribution in [3.05, 3.63) is 57.5 Å². The second-order valence-corrected chi connectivity index (χ2v) is 6.83. The fraction of sp³-hybridized carbons (Fsp3) is 0.111. The van der Waals surface area contributed by atoms with Gasteiger partial charge in [-0.1, -0.05) is 18.5 Å². The van der Waals surface area contributed by atoms with Gasteiger partial charge < -0.3 is 19.0 Å². The first-order chi connectivity index (χ1) is 13.4. The summed E-state index contributed by atoms with van der Waals surface area (Å²) < 4.78 is 10.9. The molecule has 0 saturated carbocycles. The largest absolute Gasteiger partial charge is 0.478 e. The molecule has 0 amide bonds. The summed E-state index contributed by atoms with van der Waals surface area (Å²) in [6.45, 7) is 1.84. The fourth-order valence-corrected chi connectivity index (χ4v) is 3.08. The first-order valence-electron chi connectivity index (χ1n) is 7.95. The summed E-state index contributed by atoms with van der Waals surface area (Å²) in [5.74, 6) is -1.30. The lowest BCUT2D eigenvalue weighted by Crippen LogP contribution is -1.97. The van der Waals surface area contributed by atoms with Crippen LogP contribution in [0, 0.1) is 0 Å². The Kier molecular flexibility index (Phi) is 5.86. The number of nitrogens with zero attached hydrogens (tertiary/aromatic N) is 2. The lowest BCUT2D eigenvalue weighted by Gasteiger charge is -2.02. The minimum atomic E-state index is -1.18. The van der Waals surface area contributed by atoms with E-state index in [0.717, 1.165) is 11.8 Å². The molecule has 144 valence electrons. The van der Waals surface area contributed by atoms with Crippen LogP contribution in [0.15, 0.2) is 49.3 Å². The molecule has 8 nitrogen and oxygen atoms in total. The molecule has 0 unspecified atom stereocenters. The molecular formula is C18H13ClN2O6S. The number of aliphatic carboxylic acids is 1. The van der Waals surface area contributed by atoms with Crippen molar-refractivity contribution in [1.29, 1.82) is 0 Å². The lowest BCUT2D eigenvalue weighted by atomic mass is 10.1. The SMILES string of the molecule is CCc1nnc(S/C(=C\c2ccc(-c3ccc(Cl)c(C(=O)O)c3)o2)C(=O)O)o1. The molecule has 0 saturated heterocycles. The summed E-state index contributed by atoms with van der Waals surface area (Å²) >= 11 is 6.68. The number of thioether (sulfide) groups is 1. The number of carboxylic acids is 2. The highest BCUT2D eigenvalue weighted by Gasteiger charge is 2.17. The van der Waals surface area contributed by atoms with E-state index in [4.69, 9.17) is 25.5 Å². The Balaban J connectivity index is 1.88. The van der Waals surface area contributed by atoms with E-state index >= 15 is 0 Å². The quantitative estimate of drug-likeness (QED) is 0.420. The average molecular weight is 421 g/mol. The maximum Gasteiger partial charge on any atom is 0.342 e. The van der Waals surface area contributed by atoms with Crippen LogP contribution in [-0.4, -0.2) is 32.3 Å². The Labute approximate surface area is 167 Å². The zero-order chi connectivity index (χ0) is 20.3. The van der Waals surface area contributed by atoms with Crippen LogP contribution in [0.4, 0.5) is 0 Å². The molecule has 0 aliphatic rings. The molecule has 0 bridgehead atoms. The van der Waals surface area contributed by atoms with E-state index in [2.05, 4.69) is 10.2 Å². The van der Waals surface area contributed by atoms with Gasteiger partial charge in [-0.25, -0.2) is 9.59 Å². The molecule has 3 rings (SSSR count). The van der Waals surface area contributed by atoms with Crippen molar-refractivity contribution in [3.63, 3.8) is 0 Å². The first-order valence-corrected chi connectivity index (χ1v) is 9.15. The molecule has 2 N–H and O–H groups in total. The fourth-order valence-electron chi connectivity index (χ4n) is 2.21. The molecule has 28 heavy (non-hydrogen) atoms. The molecule has 0 aliphatic carbocycles. The molecule has 2 aromatic heterocycles. The van der Waals surface area contributed by atoms with Crippen molar-refractivity contribution in [2.24, 2.45) is 0 Å². The topological polar surface area (TPSA) is 127 Å². The Bertz CT molecular complexity index is 1070. The smallest absolute Gasteiger partial charge is 0.342 e. The number of carbonyl (C=O) groups is 2. The molecule has 0 spiro atoms. The number of rotatable bonds is 7. The van der Waals surface area contributed by atoms with E-state index in [0.29, 0.717) is 23.6 Å². The highest BCUT2D eigenvalue weighted by Crippen LogP contribution is 2.31. The van der Waals surface area contributed by atoms with Crippen molar-refractivity contribution in [1.82, 2.24) is 10.2 Å². The van der Waals surface area contributed by atoms with Crippen LogP contribution in [0.2, 0.25) is 5.02 Å². The summed E-state index contributed by atoms with van der Waals surface area (Å²) in [5.41, 5.74) is 0.438. The summed E-state index contributed by atoms with van der Waals surface area (Å²) in [6, 6.07) is 7.62. The zero-order valence-electron chi connectivity index (χ0n) is 14.4. The molecular weight excluding hydrogens is 408 g/mol. The maximum atomic E-state index is 11.5. The van der Waals surface area contributed by atoms with Crippen LogP contribution in [-0.2, 0) is 11.2 Å². The van der Waals surface area contributed by atoms with Gasteiger partial charge >= 0.3 is 11.9 Å². The first kappa shape index (κ1) is 19.7. The minimum absolute atomic E-state index is 0.0578. The minimum Gasteiger partial charge on any atom is -0.478 e. The number of hydrogen-bond donors (Lipinski definition) is 2. The van der Waals surface area contributed by atoms with E-state index in [1.807, 2.05) is 6.92 Å². The highest BCUT2D eigenvalue weighted by molar-refractivity contribution is 8.03. The molecule has 0 atom stereocenters. The van der Waals surface area contributed by atoms with Crippen LogP contribution in [0.5, 0.6) is 0 Å². The molecule has 2 heterocycles. The van der Waals surface area contributed by atoms with Crippen molar-refractivity contribution >= 4 is 41.4 Å². The standard InChI is InChI=1S/C18H13ClN2O6S/c1-2-15-20-21-18(27-15)28-14(17(24)25)8-10-4-6-13(26-10)9-3-5-12(19)11(7-9)16(22)23/h3-8H,2H2,1H3,(H,22,23)(H,24,25)/b14-8-. The average Bonchev–Trinajstić information content (AvgIpc) is 3.30. The molecule has 0 fully saturated rings. The van der Waals surface area contributed by atoms with Crippen molar-refractivity contribution < 1.29 is 28.6 Å². The summed E-state index contributed by atoms with van der Waals surface area (Å²) in [4.78, 5) is 22.7. The van der Waals surface area contributed by atoms with Gasteiger partial charge in [-0.05, 0) is 42.1 Å². The van der Waals surface area contributed by atoms with Crippen molar-refractivity contribution in [2.75, 3.05) is 0 Å². The zero-order valence-corrected chi connectivity index (χ0v) is 16.0. The number of aromatic carboxylic acids is 1. The van der Waals surface area contributed by atoms with E-state index in [1.54, 1.807) is 18.2 Å². The third kappa shape index (κ3) is 4.44. The van der Waals surface area contributed by atoms with Gasteiger partial charge in [0.05, 0.1) is 10.6 Å². The Morgan fingerprint density at radius 2 is 1.96 bits per heavy atom. The molecule has 0 aliphatic heterocycles. The molecule has 10 heteroatoms. The molecule has 1 aromatic carbocycles. The Hall–Kier alpha value is -3.04. The van der Waals surface area contributed by atoms with Crippen LogP contribution in [0.1, 0.15) is 28.9 Å². The molecule has 0 radical (unpaired) electrons. The number of furan rings is 1. The third-order valence-electron chi connectivity index (χ3n) is 3.54. The van der Waals surface area contributed by atoms with E-state index in [9.17, 15) is 14.7 Å². The predicted octanol–water partition coefficient (Wildman–Crippen LogP) is 4.46. The number of benzene rings is 1. The number of aromatic nitrogens is 2. The lowest BCUT2D eigenvalue weighted by molar-refractivity contribution is -0.131. The maximum absolute atomic E-state index is 11.5. The monoisotopic (exact) mass is 420 g/mol. The van der Waals surface area contributed by atoms with Gasteiger partial charge in [0.25, 0.3) is 5.22 Å². The predicted molar refractivity (Wildman–Crippen MR) is 101 cm³/mol. The van der Waals surface area contributed by atoms with Crippen molar-refractivity contribution in [2.45, 2.75) is 18.6 Å². The second-order valence-electron chi connectivity index (χ2n) is 5.43. The molecule has 3 aromatic rings. The van der Waals surface area contributed by atoms with Gasteiger partial charge in [0, 0.05) is 18.1 Å². The number of hydrogen-bond acceptors (Lipinski definition) is 7. The van der Waals surface area contributed by atoms with Crippen LogP contribution < -0.4 is 0 Å². The van der Waals surface area contributed by atoms with Gasteiger partial charge in [-0.3, -0.25) is 0 Å². The van der Waals surface area contributed by atoms with Gasteiger partial charge in [-0.2, -0.15) is 0 Å². The normalized spacial score (nSPS) is 11.6. The number of halogens is 1. The van der Waals surface area contributed by atoms with Crippen LogP contribution in [0.25, 0.3) is 17.4 Å². The summed E-state index contributed by atoms with van der Waals surface area (Å²) in [7, 11) is 0. The Morgan fingerprint density at radius 3 is 2.61 bits per heavy atom. The van der Waals surface area contributed by atoms with Crippen molar-refractivity contribution in [3.8, 4) is 11.3 Å². The number of aryl methyl sites for hydroxylation is 1. The third-order valence-corrected chi connectivity index (χ3v) is 4.72. The highest BCUT2D eigenvalue weighted by atomic mass is 35.5. The van der Waals surface area contributed by atoms with Gasteiger partial charge in [0.15, 0.2) is 0 Å². The second kappa shape index (κ2) is 8.32. The van der Waals surface area contributed by atoms with Crippen LogP contribution >= 0.6 is 23.4 Å². The summed E-state index contributed by atoms with van der Waals surface area (Å²) in [5, 5.41) is 26.4. The van der Waals surface area contributed by atoms with E-state index < -0.39 is 11.9 Å². The Morgan fingerprint density at radius 1 is 1.18 bits per heavy atom. The van der Waals surface area contributed by atoms with E-state index in [1.165, 1.54) is 18.2 Å². The van der Waals surface area contributed by atoms with E-state index in [-0.39, 0.29) is 26.5 Å². The number of carboxylic acid groups (broad SMARTS) is 2. The van der Waals surface area contributed by atoms with Crippen LogP contribution in [0.3, 0.4) is 0 Å².